The van der Waals surface area contributed by atoms with Crippen LogP contribution in [0.1, 0.15) is 11.1 Å². The molecule has 0 aliphatic rings. The van der Waals surface area contributed by atoms with Crippen molar-refractivity contribution < 1.29 is 4.39 Å². The molecule has 0 aromatic heterocycles. The maximum absolute atomic E-state index is 13.1. The molecular formula is C15H11Cl2FS. The standard InChI is InChI=1S/C15H11Cl2FS/c16-14-5-4-11(9-15(14)17)8-13(19)7-10-2-1-3-12(18)6-10/h1-6,9H,7-8H2. The Balaban J connectivity index is 2.03. The average Bonchev–Trinajstić information content (AvgIpc) is 2.34. The van der Waals surface area contributed by atoms with Gasteiger partial charge in [-0.05, 0) is 35.4 Å². The summed E-state index contributed by atoms with van der Waals surface area (Å²) in [6, 6.07) is 11.9. The highest BCUT2D eigenvalue weighted by atomic mass is 35.5. The van der Waals surface area contributed by atoms with Crippen molar-refractivity contribution in [1.29, 1.82) is 0 Å². The summed E-state index contributed by atoms with van der Waals surface area (Å²) in [6.07, 6.45) is 1.20. The first-order valence-corrected chi connectivity index (χ1v) is 6.91. The highest BCUT2D eigenvalue weighted by Gasteiger charge is 2.05. The van der Waals surface area contributed by atoms with Crippen LogP contribution in [0.25, 0.3) is 0 Å². The third-order valence-corrected chi connectivity index (χ3v) is 3.70. The Bertz CT molecular complexity index is 611. The first-order valence-electron chi connectivity index (χ1n) is 5.74. The van der Waals surface area contributed by atoms with E-state index in [-0.39, 0.29) is 5.82 Å². The molecule has 4 heteroatoms. The molecule has 2 rings (SSSR count). The van der Waals surface area contributed by atoms with Gasteiger partial charge in [-0.2, -0.15) is 0 Å². The Kier molecular flexibility index (Phi) is 4.92. The second-order valence-corrected chi connectivity index (χ2v) is 5.66. The van der Waals surface area contributed by atoms with Gasteiger partial charge in [0.15, 0.2) is 0 Å². The number of hydrogen-bond donors (Lipinski definition) is 0. The second-order valence-electron chi connectivity index (χ2n) is 4.27. The van der Waals surface area contributed by atoms with Crippen molar-refractivity contribution >= 4 is 40.3 Å². The number of halogens is 3. The summed E-state index contributed by atoms with van der Waals surface area (Å²) in [5, 5.41) is 1.05. The predicted molar refractivity (Wildman–Crippen MR) is 82.9 cm³/mol. The van der Waals surface area contributed by atoms with E-state index in [4.69, 9.17) is 35.4 Å². The van der Waals surface area contributed by atoms with Crippen LogP contribution in [0.15, 0.2) is 42.5 Å². The van der Waals surface area contributed by atoms with Crippen LogP contribution in [0.5, 0.6) is 0 Å². The Hall–Kier alpha value is -0.960. The van der Waals surface area contributed by atoms with Gasteiger partial charge < -0.3 is 0 Å². The fourth-order valence-corrected chi connectivity index (χ4v) is 2.47. The monoisotopic (exact) mass is 312 g/mol. The lowest BCUT2D eigenvalue weighted by molar-refractivity contribution is 0.626. The molecular weight excluding hydrogens is 302 g/mol. The van der Waals surface area contributed by atoms with Crippen LogP contribution in [-0.4, -0.2) is 4.86 Å². The molecule has 0 amide bonds. The maximum Gasteiger partial charge on any atom is 0.123 e. The van der Waals surface area contributed by atoms with E-state index in [0.717, 1.165) is 16.0 Å². The van der Waals surface area contributed by atoms with Crippen LogP contribution in [0.2, 0.25) is 10.0 Å². The zero-order valence-electron chi connectivity index (χ0n) is 10.00. The molecule has 98 valence electrons. The molecule has 0 heterocycles. The molecule has 0 aliphatic carbocycles. The minimum Gasteiger partial charge on any atom is -0.207 e. The number of hydrogen-bond acceptors (Lipinski definition) is 1. The maximum atomic E-state index is 13.1. The van der Waals surface area contributed by atoms with E-state index in [1.54, 1.807) is 12.1 Å². The van der Waals surface area contributed by atoms with Crippen LogP contribution in [0.4, 0.5) is 4.39 Å². The van der Waals surface area contributed by atoms with E-state index in [9.17, 15) is 4.39 Å². The lowest BCUT2D eigenvalue weighted by atomic mass is 10.0. The van der Waals surface area contributed by atoms with Crippen molar-refractivity contribution in [2.45, 2.75) is 12.8 Å². The number of thiocarbonyl (C=S) groups is 1. The lowest BCUT2D eigenvalue weighted by Crippen LogP contribution is -2.04. The Morgan fingerprint density at radius 3 is 2.26 bits per heavy atom. The largest absolute Gasteiger partial charge is 0.207 e. The average molecular weight is 313 g/mol. The van der Waals surface area contributed by atoms with Crippen molar-refractivity contribution in [2.75, 3.05) is 0 Å². The summed E-state index contributed by atoms with van der Waals surface area (Å²) < 4.78 is 13.1. The molecule has 0 unspecified atom stereocenters. The van der Waals surface area contributed by atoms with Crippen LogP contribution in [-0.2, 0) is 12.8 Å². The lowest BCUT2D eigenvalue weighted by Gasteiger charge is -2.06. The predicted octanol–water partition coefficient (Wildman–Crippen LogP) is 5.29. The molecule has 0 saturated heterocycles. The summed E-state index contributed by atoms with van der Waals surface area (Å²) in [6.45, 7) is 0. The highest BCUT2D eigenvalue weighted by Crippen LogP contribution is 2.23. The van der Waals surface area contributed by atoms with Crippen molar-refractivity contribution in [2.24, 2.45) is 0 Å². The van der Waals surface area contributed by atoms with Gasteiger partial charge in [0.2, 0.25) is 0 Å². The molecule has 2 aromatic carbocycles. The molecule has 2 aromatic rings. The molecule has 0 atom stereocenters. The van der Waals surface area contributed by atoms with Gasteiger partial charge in [-0.15, -0.1) is 0 Å². The normalized spacial score (nSPS) is 10.5. The minimum atomic E-state index is -0.241. The fourth-order valence-electron chi connectivity index (χ4n) is 1.81. The van der Waals surface area contributed by atoms with Crippen molar-refractivity contribution in [3.8, 4) is 0 Å². The zero-order chi connectivity index (χ0) is 13.8. The third kappa shape index (κ3) is 4.27. The molecule has 0 saturated carbocycles. The first kappa shape index (κ1) is 14.4. The third-order valence-electron chi connectivity index (χ3n) is 2.68. The van der Waals surface area contributed by atoms with Gasteiger partial charge in [0.1, 0.15) is 5.82 Å². The Morgan fingerprint density at radius 2 is 1.63 bits per heavy atom. The molecule has 19 heavy (non-hydrogen) atoms. The summed E-state index contributed by atoms with van der Waals surface area (Å²) in [7, 11) is 0. The summed E-state index contributed by atoms with van der Waals surface area (Å²) in [4.78, 5) is 0.837. The van der Waals surface area contributed by atoms with E-state index in [0.29, 0.717) is 22.9 Å². The SMILES string of the molecule is Fc1cccc(CC(=S)Cc2ccc(Cl)c(Cl)c2)c1. The van der Waals surface area contributed by atoms with Gasteiger partial charge >= 0.3 is 0 Å². The highest BCUT2D eigenvalue weighted by molar-refractivity contribution is 7.80. The van der Waals surface area contributed by atoms with Gasteiger partial charge in [0.05, 0.1) is 10.0 Å². The van der Waals surface area contributed by atoms with Gasteiger partial charge in [-0.1, -0.05) is 53.6 Å². The molecule has 0 nitrogen and oxygen atoms in total. The topological polar surface area (TPSA) is 0 Å². The van der Waals surface area contributed by atoms with Gasteiger partial charge in [-0.3, -0.25) is 0 Å². The summed E-state index contributed by atoms with van der Waals surface area (Å²) in [5.74, 6) is -0.241. The van der Waals surface area contributed by atoms with E-state index in [1.165, 1.54) is 12.1 Å². The van der Waals surface area contributed by atoms with E-state index >= 15 is 0 Å². The van der Waals surface area contributed by atoms with Gasteiger partial charge in [0, 0.05) is 17.7 Å². The van der Waals surface area contributed by atoms with Crippen LogP contribution in [0, 0.1) is 5.82 Å². The Labute approximate surface area is 127 Å². The summed E-state index contributed by atoms with van der Waals surface area (Å²) >= 11 is 17.2. The number of rotatable bonds is 4. The van der Waals surface area contributed by atoms with Crippen molar-refractivity contribution in [3.63, 3.8) is 0 Å². The van der Waals surface area contributed by atoms with E-state index in [2.05, 4.69) is 0 Å². The molecule has 0 N–H and O–H groups in total. The molecule has 0 aliphatic heterocycles. The molecule has 0 spiro atoms. The van der Waals surface area contributed by atoms with Gasteiger partial charge in [0.25, 0.3) is 0 Å². The smallest absolute Gasteiger partial charge is 0.123 e. The van der Waals surface area contributed by atoms with Crippen LogP contribution >= 0.6 is 35.4 Å². The molecule has 0 fully saturated rings. The van der Waals surface area contributed by atoms with Gasteiger partial charge in [-0.25, -0.2) is 4.39 Å². The fraction of sp³-hybridized carbons (Fsp3) is 0.133. The quantitative estimate of drug-likeness (QED) is 0.691. The second kappa shape index (κ2) is 6.47. The number of benzene rings is 2. The minimum absolute atomic E-state index is 0.241. The van der Waals surface area contributed by atoms with E-state index < -0.39 is 0 Å². The van der Waals surface area contributed by atoms with Crippen molar-refractivity contribution in [3.05, 3.63) is 69.5 Å². The van der Waals surface area contributed by atoms with Crippen molar-refractivity contribution in [1.82, 2.24) is 0 Å². The molecule has 0 bridgehead atoms. The first-order chi connectivity index (χ1) is 9.04. The zero-order valence-corrected chi connectivity index (χ0v) is 12.3. The Morgan fingerprint density at radius 1 is 0.947 bits per heavy atom. The molecule has 0 radical (unpaired) electrons. The van der Waals surface area contributed by atoms with Crippen LogP contribution in [0.3, 0.4) is 0 Å². The van der Waals surface area contributed by atoms with Crippen LogP contribution < -0.4 is 0 Å². The van der Waals surface area contributed by atoms with E-state index in [1.807, 2.05) is 18.2 Å². The summed E-state index contributed by atoms with van der Waals surface area (Å²) in [5.41, 5.74) is 1.89.